The van der Waals surface area contributed by atoms with Crippen molar-refractivity contribution >= 4 is 66.9 Å². The highest BCUT2D eigenvalue weighted by Crippen LogP contribution is 2.36. The molecule has 10 heteroatoms. The molecule has 0 atom stereocenters. The number of hydrogen-bond acceptors (Lipinski definition) is 4. The summed E-state index contributed by atoms with van der Waals surface area (Å²) < 4.78 is 12.1. The molecule has 0 aliphatic rings. The molecular weight excluding hydrogens is 563 g/mol. The summed E-state index contributed by atoms with van der Waals surface area (Å²) in [5, 5.41) is 0.679. The molecule has 0 fully saturated rings. The fourth-order valence-electron chi connectivity index (χ4n) is 2.24. The lowest BCUT2D eigenvalue weighted by Crippen LogP contribution is -2.45. The summed E-state index contributed by atoms with van der Waals surface area (Å²) in [6, 6.07) is 8.76. The highest BCUT2D eigenvalue weighted by molar-refractivity contribution is 9.10. The first-order valence-corrected chi connectivity index (χ1v) is 11.1. The van der Waals surface area contributed by atoms with Crippen LogP contribution in [0, 0.1) is 0 Å². The van der Waals surface area contributed by atoms with Crippen LogP contribution < -0.4 is 20.3 Å². The minimum atomic E-state index is -0.572. The SMILES string of the molecule is CC(C)(C)c1ccc(OCC(=O)NNC(=O)COc2c(Cl)cc(Cl)cc2Br)c(Br)c1. The van der Waals surface area contributed by atoms with Crippen LogP contribution in [-0.2, 0) is 15.0 Å². The predicted molar refractivity (Wildman–Crippen MR) is 124 cm³/mol. The van der Waals surface area contributed by atoms with Gasteiger partial charge < -0.3 is 9.47 Å². The lowest BCUT2D eigenvalue weighted by molar-refractivity contribution is -0.131. The van der Waals surface area contributed by atoms with E-state index in [4.69, 9.17) is 32.7 Å². The Labute approximate surface area is 201 Å². The molecular formula is C20H20Br2Cl2N2O4. The number of carbonyl (C=O) groups excluding carboxylic acids is 2. The van der Waals surface area contributed by atoms with Gasteiger partial charge in [-0.05, 0) is 67.1 Å². The van der Waals surface area contributed by atoms with Crippen LogP contribution in [0.25, 0.3) is 0 Å². The second-order valence-electron chi connectivity index (χ2n) is 7.27. The number of benzene rings is 2. The average molecular weight is 583 g/mol. The van der Waals surface area contributed by atoms with Crippen molar-refractivity contribution in [1.29, 1.82) is 0 Å². The largest absolute Gasteiger partial charge is 0.483 e. The Hall–Kier alpha value is -1.48. The molecule has 2 aromatic carbocycles. The molecule has 2 amide bonds. The van der Waals surface area contributed by atoms with E-state index in [1.165, 1.54) is 6.07 Å². The molecule has 2 N–H and O–H groups in total. The molecule has 0 aliphatic heterocycles. The first-order chi connectivity index (χ1) is 14.0. The van der Waals surface area contributed by atoms with Gasteiger partial charge in [0.15, 0.2) is 19.0 Å². The van der Waals surface area contributed by atoms with E-state index in [1.807, 2.05) is 12.1 Å². The van der Waals surface area contributed by atoms with E-state index in [1.54, 1.807) is 12.1 Å². The maximum atomic E-state index is 11.9. The normalized spacial score (nSPS) is 11.0. The molecule has 0 saturated carbocycles. The van der Waals surface area contributed by atoms with Gasteiger partial charge in [0.2, 0.25) is 0 Å². The zero-order valence-electron chi connectivity index (χ0n) is 16.4. The molecule has 0 bridgehead atoms. The fraction of sp³-hybridized carbons (Fsp3) is 0.300. The van der Waals surface area contributed by atoms with Crippen LogP contribution in [0.5, 0.6) is 11.5 Å². The van der Waals surface area contributed by atoms with Gasteiger partial charge in [-0.3, -0.25) is 20.4 Å². The molecule has 0 radical (unpaired) electrons. The number of hydrazine groups is 1. The summed E-state index contributed by atoms with van der Waals surface area (Å²) in [4.78, 5) is 23.8. The number of amides is 2. The van der Waals surface area contributed by atoms with Crippen molar-refractivity contribution in [2.75, 3.05) is 13.2 Å². The number of rotatable bonds is 6. The maximum absolute atomic E-state index is 11.9. The highest BCUT2D eigenvalue weighted by Gasteiger charge is 2.16. The Balaban J connectivity index is 1.79. The highest BCUT2D eigenvalue weighted by atomic mass is 79.9. The molecule has 0 spiro atoms. The number of ether oxygens (including phenoxy) is 2. The Morgan fingerprint density at radius 2 is 1.53 bits per heavy atom. The monoisotopic (exact) mass is 580 g/mol. The Morgan fingerprint density at radius 1 is 0.933 bits per heavy atom. The molecule has 162 valence electrons. The number of hydrogen-bond donors (Lipinski definition) is 2. The molecule has 2 aromatic rings. The van der Waals surface area contributed by atoms with E-state index in [-0.39, 0.29) is 29.4 Å². The van der Waals surface area contributed by atoms with Crippen molar-refractivity contribution in [2.45, 2.75) is 26.2 Å². The van der Waals surface area contributed by atoms with Crippen LogP contribution in [0.4, 0.5) is 0 Å². The summed E-state index contributed by atoms with van der Waals surface area (Å²) >= 11 is 18.6. The second kappa shape index (κ2) is 10.7. The van der Waals surface area contributed by atoms with Gasteiger partial charge in [0.05, 0.1) is 14.0 Å². The van der Waals surface area contributed by atoms with E-state index in [0.29, 0.717) is 15.2 Å². The molecule has 6 nitrogen and oxygen atoms in total. The van der Waals surface area contributed by atoms with Gasteiger partial charge in [-0.25, -0.2) is 0 Å². The summed E-state index contributed by atoms with van der Waals surface area (Å²) in [6.45, 7) is 5.68. The first-order valence-electron chi connectivity index (χ1n) is 8.75. The molecule has 2 rings (SSSR count). The predicted octanol–water partition coefficient (Wildman–Crippen LogP) is 5.42. The topological polar surface area (TPSA) is 76.7 Å². The van der Waals surface area contributed by atoms with Crippen LogP contribution in [0.15, 0.2) is 39.3 Å². The lowest BCUT2D eigenvalue weighted by atomic mass is 9.87. The lowest BCUT2D eigenvalue weighted by Gasteiger charge is -2.20. The summed E-state index contributed by atoms with van der Waals surface area (Å²) in [6.07, 6.45) is 0. The van der Waals surface area contributed by atoms with Crippen molar-refractivity contribution in [3.05, 3.63) is 54.9 Å². The van der Waals surface area contributed by atoms with Crippen LogP contribution in [-0.4, -0.2) is 25.0 Å². The summed E-state index contributed by atoms with van der Waals surface area (Å²) in [5.74, 6) is -0.303. The van der Waals surface area contributed by atoms with Crippen LogP contribution in [0.2, 0.25) is 10.0 Å². The Morgan fingerprint density at radius 3 is 2.07 bits per heavy atom. The molecule has 0 aliphatic carbocycles. The smallest absolute Gasteiger partial charge is 0.276 e. The van der Waals surface area contributed by atoms with Crippen molar-refractivity contribution < 1.29 is 19.1 Å². The van der Waals surface area contributed by atoms with Gasteiger partial charge in [-0.1, -0.05) is 50.0 Å². The molecule has 0 saturated heterocycles. The zero-order chi connectivity index (χ0) is 22.5. The quantitative estimate of drug-likeness (QED) is 0.446. The standard InChI is InChI=1S/C20H20Br2Cl2N2O4/c1-20(2,3)11-4-5-16(13(21)6-11)29-9-17(27)25-26-18(28)10-30-19-14(22)7-12(23)8-15(19)24/h4-8H,9-10H2,1-3H3,(H,25,27)(H,26,28). The molecule has 30 heavy (non-hydrogen) atoms. The van der Waals surface area contributed by atoms with Crippen LogP contribution in [0.3, 0.4) is 0 Å². The fourth-order valence-corrected chi connectivity index (χ4v) is 4.11. The van der Waals surface area contributed by atoms with E-state index in [9.17, 15) is 9.59 Å². The van der Waals surface area contributed by atoms with Gasteiger partial charge in [0.1, 0.15) is 5.75 Å². The third-order valence-corrected chi connectivity index (χ3v) is 5.52. The van der Waals surface area contributed by atoms with Crippen LogP contribution >= 0.6 is 55.1 Å². The van der Waals surface area contributed by atoms with Gasteiger partial charge >= 0.3 is 0 Å². The average Bonchev–Trinajstić information content (AvgIpc) is 2.63. The van der Waals surface area contributed by atoms with E-state index >= 15 is 0 Å². The second-order valence-corrected chi connectivity index (χ2v) is 9.82. The Bertz CT molecular complexity index is 926. The van der Waals surface area contributed by atoms with Crippen molar-refractivity contribution in [1.82, 2.24) is 10.9 Å². The minimum Gasteiger partial charge on any atom is -0.483 e. The number of halogens is 4. The number of carbonyl (C=O) groups is 2. The van der Waals surface area contributed by atoms with Gasteiger partial charge in [-0.15, -0.1) is 0 Å². The first kappa shape index (κ1) is 24.8. The molecule has 0 unspecified atom stereocenters. The van der Waals surface area contributed by atoms with Crippen molar-refractivity contribution in [2.24, 2.45) is 0 Å². The molecule has 0 heterocycles. The van der Waals surface area contributed by atoms with E-state index in [0.717, 1.165) is 10.0 Å². The van der Waals surface area contributed by atoms with Gasteiger partial charge in [0, 0.05) is 5.02 Å². The Kier molecular flexibility index (Phi) is 8.85. The maximum Gasteiger partial charge on any atom is 0.276 e. The van der Waals surface area contributed by atoms with Gasteiger partial charge in [-0.2, -0.15) is 0 Å². The number of nitrogens with one attached hydrogen (secondary N) is 2. The van der Waals surface area contributed by atoms with Crippen LogP contribution in [0.1, 0.15) is 26.3 Å². The minimum absolute atomic E-state index is 0.00337. The van der Waals surface area contributed by atoms with Gasteiger partial charge in [0.25, 0.3) is 11.8 Å². The summed E-state index contributed by atoms with van der Waals surface area (Å²) in [5.41, 5.74) is 5.63. The van der Waals surface area contributed by atoms with E-state index in [2.05, 4.69) is 63.5 Å². The summed E-state index contributed by atoms with van der Waals surface area (Å²) in [7, 11) is 0. The van der Waals surface area contributed by atoms with Crippen molar-refractivity contribution in [3.63, 3.8) is 0 Å². The zero-order valence-corrected chi connectivity index (χ0v) is 21.1. The molecule has 0 aromatic heterocycles. The third-order valence-electron chi connectivity index (χ3n) is 3.81. The van der Waals surface area contributed by atoms with E-state index < -0.39 is 11.8 Å². The van der Waals surface area contributed by atoms with Crippen molar-refractivity contribution in [3.8, 4) is 11.5 Å². The third kappa shape index (κ3) is 7.34.